The number of imidazole rings is 1. The number of nitrogens with zero attached hydrogens (tertiary/aromatic N) is 2. The summed E-state index contributed by atoms with van der Waals surface area (Å²) in [5.74, 6) is 0.629. The molecule has 0 spiro atoms. The van der Waals surface area contributed by atoms with Crippen molar-refractivity contribution in [2.24, 2.45) is 0 Å². The van der Waals surface area contributed by atoms with E-state index in [9.17, 15) is 4.79 Å². The standard InChI is InChI=1S/C21H16Cl2N4O/c22-15-11-24-12-16(23)21(15)27-19(28)10-14-7-4-8-17-20(14)26-18(25-17)9-13-5-2-1-3-6-13/h1-8,11-12H,9-10H2,(H,25,26)(H,24,27,28). The zero-order valence-electron chi connectivity index (χ0n) is 14.7. The molecule has 7 heteroatoms. The van der Waals surface area contributed by atoms with Crippen LogP contribution in [0.1, 0.15) is 17.0 Å². The van der Waals surface area contributed by atoms with Gasteiger partial charge in [0.1, 0.15) is 5.82 Å². The first-order chi connectivity index (χ1) is 13.6. The van der Waals surface area contributed by atoms with E-state index < -0.39 is 0 Å². The third-order valence-electron chi connectivity index (χ3n) is 4.33. The number of H-pyrrole nitrogens is 1. The molecule has 2 aromatic carbocycles. The van der Waals surface area contributed by atoms with Crippen LogP contribution in [-0.4, -0.2) is 20.9 Å². The summed E-state index contributed by atoms with van der Waals surface area (Å²) in [7, 11) is 0. The molecule has 28 heavy (non-hydrogen) atoms. The van der Waals surface area contributed by atoms with Gasteiger partial charge in [0.15, 0.2) is 0 Å². The van der Waals surface area contributed by atoms with Gasteiger partial charge in [0.05, 0.1) is 33.2 Å². The van der Waals surface area contributed by atoms with Crippen LogP contribution >= 0.6 is 23.2 Å². The summed E-state index contributed by atoms with van der Waals surface area (Å²) >= 11 is 12.1. The molecule has 0 radical (unpaired) electrons. The monoisotopic (exact) mass is 410 g/mol. The lowest BCUT2D eigenvalue weighted by Gasteiger charge is -2.09. The van der Waals surface area contributed by atoms with E-state index in [0.717, 1.165) is 22.4 Å². The van der Waals surface area contributed by atoms with Gasteiger partial charge in [0.2, 0.25) is 5.91 Å². The van der Waals surface area contributed by atoms with E-state index in [2.05, 4.69) is 27.4 Å². The van der Waals surface area contributed by atoms with E-state index in [1.165, 1.54) is 18.0 Å². The van der Waals surface area contributed by atoms with Gasteiger partial charge in [0.25, 0.3) is 0 Å². The van der Waals surface area contributed by atoms with Gasteiger partial charge < -0.3 is 10.3 Å². The highest BCUT2D eigenvalue weighted by Gasteiger charge is 2.14. The number of aromatic amines is 1. The molecule has 1 amide bonds. The topological polar surface area (TPSA) is 70.7 Å². The van der Waals surface area contributed by atoms with Crippen molar-refractivity contribution in [1.82, 2.24) is 15.0 Å². The molecule has 0 atom stereocenters. The van der Waals surface area contributed by atoms with Crippen molar-refractivity contribution in [1.29, 1.82) is 0 Å². The molecule has 0 aliphatic carbocycles. The summed E-state index contributed by atoms with van der Waals surface area (Å²) in [6.07, 6.45) is 3.73. The number of amides is 1. The van der Waals surface area contributed by atoms with Crippen molar-refractivity contribution < 1.29 is 4.79 Å². The fourth-order valence-electron chi connectivity index (χ4n) is 3.05. The number of anilines is 1. The molecule has 0 unspecified atom stereocenters. The average Bonchev–Trinajstić information content (AvgIpc) is 3.09. The zero-order chi connectivity index (χ0) is 19.5. The summed E-state index contributed by atoms with van der Waals surface area (Å²) < 4.78 is 0. The van der Waals surface area contributed by atoms with Crippen LogP contribution in [0.3, 0.4) is 0 Å². The Kier molecular flexibility index (Phi) is 5.28. The van der Waals surface area contributed by atoms with Gasteiger partial charge >= 0.3 is 0 Å². The molecule has 4 aromatic rings. The Morgan fingerprint density at radius 3 is 2.50 bits per heavy atom. The number of nitrogens with one attached hydrogen (secondary N) is 2. The Bertz CT molecular complexity index is 1120. The number of hydrogen-bond acceptors (Lipinski definition) is 3. The van der Waals surface area contributed by atoms with Crippen molar-refractivity contribution in [3.8, 4) is 0 Å². The molecular weight excluding hydrogens is 395 g/mol. The number of carbonyl (C=O) groups is 1. The van der Waals surface area contributed by atoms with Gasteiger partial charge in [-0.3, -0.25) is 9.78 Å². The first kappa shape index (κ1) is 18.5. The molecule has 0 saturated carbocycles. The minimum absolute atomic E-state index is 0.155. The van der Waals surface area contributed by atoms with Gasteiger partial charge in [-0.25, -0.2) is 4.98 Å². The molecule has 0 saturated heterocycles. The predicted molar refractivity (Wildman–Crippen MR) is 112 cm³/mol. The fourth-order valence-corrected chi connectivity index (χ4v) is 3.50. The Morgan fingerprint density at radius 1 is 1.00 bits per heavy atom. The second-order valence-corrected chi connectivity index (χ2v) is 7.18. The number of hydrogen-bond donors (Lipinski definition) is 2. The normalized spacial score (nSPS) is 10.9. The van der Waals surface area contributed by atoms with E-state index in [4.69, 9.17) is 28.2 Å². The summed E-state index contributed by atoms with van der Waals surface area (Å²) in [4.78, 5) is 24.5. The number of fused-ring (bicyclic) bond motifs is 1. The minimum Gasteiger partial charge on any atom is -0.342 e. The van der Waals surface area contributed by atoms with Gasteiger partial charge in [-0.05, 0) is 17.2 Å². The first-order valence-electron chi connectivity index (χ1n) is 8.69. The van der Waals surface area contributed by atoms with Crippen molar-refractivity contribution in [2.45, 2.75) is 12.8 Å². The highest BCUT2D eigenvalue weighted by atomic mass is 35.5. The maximum absolute atomic E-state index is 12.5. The van der Waals surface area contributed by atoms with E-state index in [0.29, 0.717) is 22.2 Å². The van der Waals surface area contributed by atoms with Crippen LogP contribution in [0.15, 0.2) is 60.9 Å². The summed E-state index contributed by atoms with van der Waals surface area (Å²) in [5, 5.41) is 3.35. The Morgan fingerprint density at radius 2 is 1.75 bits per heavy atom. The second-order valence-electron chi connectivity index (χ2n) is 6.36. The Hall–Kier alpha value is -2.89. The van der Waals surface area contributed by atoms with Crippen LogP contribution in [0.25, 0.3) is 11.0 Å². The molecule has 0 aliphatic rings. The molecular formula is C21H16Cl2N4O. The minimum atomic E-state index is -0.227. The van der Waals surface area contributed by atoms with Crippen molar-refractivity contribution in [2.75, 3.05) is 5.32 Å². The highest BCUT2D eigenvalue weighted by Crippen LogP contribution is 2.29. The number of carbonyl (C=O) groups excluding carboxylic acids is 1. The maximum Gasteiger partial charge on any atom is 0.228 e. The molecule has 0 bridgehead atoms. The van der Waals surface area contributed by atoms with Gasteiger partial charge in [-0.2, -0.15) is 0 Å². The van der Waals surface area contributed by atoms with Crippen molar-refractivity contribution in [3.05, 3.63) is 87.9 Å². The molecule has 4 rings (SSSR count). The Labute approximate surface area is 171 Å². The van der Waals surface area contributed by atoms with E-state index in [-0.39, 0.29) is 12.3 Å². The molecule has 2 heterocycles. The smallest absolute Gasteiger partial charge is 0.228 e. The van der Waals surface area contributed by atoms with E-state index in [1.54, 1.807) is 0 Å². The number of pyridine rings is 1. The van der Waals surface area contributed by atoms with E-state index >= 15 is 0 Å². The van der Waals surface area contributed by atoms with Crippen LogP contribution in [-0.2, 0) is 17.6 Å². The number of rotatable bonds is 5. The SMILES string of the molecule is O=C(Cc1cccc2[nH]c(Cc3ccccc3)nc12)Nc1c(Cl)cncc1Cl. The molecule has 2 N–H and O–H groups in total. The predicted octanol–water partition coefficient (Wildman–Crippen LogP) is 5.04. The maximum atomic E-state index is 12.5. The highest BCUT2D eigenvalue weighted by molar-refractivity contribution is 6.39. The van der Waals surface area contributed by atoms with Crippen LogP contribution in [0, 0.1) is 0 Å². The number of para-hydroxylation sites is 1. The number of benzene rings is 2. The van der Waals surface area contributed by atoms with Crippen molar-refractivity contribution >= 4 is 45.8 Å². The van der Waals surface area contributed by atoms with Gasteiger partial charge in [-0.1, -0.05) is 65.7 Å². The zero-order valence-corrected chi connectivity index (χ0v) is 16.3. The molecule has 140 valence electrons. The quantitative estimate of drug-likeness (QED) is 0.484. The van der Waals surface area contributed by atoms with Crippen LogP contribution in [0.4, 0.5) is 5.69 Å². The van der Waals surface area contributed by atoms with Gasteiger partial charge in [0, 0.05) is 18.8 Å². The number of aromatic nitrogens is 3. The second kappa shape index (κ2) is 8.00. The largest absolute Gasteiger partial charge is 0.342 e. The fraction of sp³-hybridized carbons (Fsp3) is 0.0952. The molecule has 0 fully saturated rings. The lowest BCUT2D eigenvalue weighted by atomic mass is 10.1. The first-order valence-corrected chi connectivity index (χ1v) is 9.45. The molecule has 0 aliphatic heterocycles. The lowest BCUT2D eigenvalue weighted by Crippen LogP contribution is -2.15. The van der Waals surface area contributed by atoms with Crippen molar-refractivity contribution in [3.63, 3.8) is 0 Å². The lowest BCUT2D eigenvalue weighted by molar-refractivity contribution is -0.115. The molecule has 5 nitrogen and oxygen atoms in total. The number of halogens is 2. The summed E-state index contributed by atoms with van der Waals surface area (Å²) in [6, 6.07) is 15.9. The van der Waals surface area contributed by atoms with Crippen LogP contribution in [0.2, 0.25) is 10.0 Å². The Balaban J connectivity index is 1.56. The van der Waals surface area contributed by atoms with Gasteiger partial charge in [-0.15, -0.1) is 0 Å². The van der Waals surface area contributed by atoms with Crippen LogP contribution in [0.5, 0.6) is 0 Å². The third kappa shape index (κ3) is 4.01. The van der Waals surface area contributed by atoms with E-state index in [1.807, 2.05) is 36.4 Å². The third-order valence-corrected chi connectivity index (χ3v) is 4.90. The van der Waals surface area contributed by atoms with Crippen LogP contribution < -0.4 is 5.32 Å². The molecule has 2 aromatic heterocycles. The summed E-state index contributed by atoms with van der Waals surface area (Å²) in [6.45, 7) is 0. The summed E-state index contributed by atoms with van der Waals surface area (Å²) in [5.41, 5.74) is 4.05. The average molecular weight is 411 g/mol.